The fourth-order valence-corrected chi connectivity index (χ4v) is 6.60. The van der Waals surface area contributed by atoms with Gasteiger partial charge in [0.05, 0.1) is 37.6 Å². The Morgan fingerprint density at radius 1 is 1.05 bits per heavy atom. The Labute approximate surface area is 241 Å². The zero-order chi connectivity index (χ0) is 25.1. The number of fused-ring (bicyclic) bond motifs is 3. The third-order valence-corrected chi connectivity index (χ3v) is 8.51. The molecule has 2 bridgehead atoms. The number of hydrogen-bond acceptors (Lipinski definition) is 8. The Hall–Kier alpha value is -2.12. The van der Waals surface area contributed by atoms with Crippen molar-refractivity contribution >= 4 is 43.7 Å². The number of halogens is 1. The largest absolute Gasteiger partial charge is 0.467 e. The van der Waals surface area contributed by atoms with Crippen LogP contribution in [0.25, 0.3) is 16.7 Å². The van der Waals surface area contributed by atoms with Crippen LogP contribution in [-0.2, 0) is 9.47 Å². The van der Waals surface area contributed by atoms with E-state index in [1.807, 2.05) is 16.9 Å². The van der Waals surface area contributed by atoms with E-state index in [9.17, 15) is 0 Å². The highest BCUT2D eigenvalue weighted by Gasteiger charge is 2.40. The molecule has 9 nitrogen and oxygen atoms in total. The van der Waals surface area contributed by atoms with Crippen LogP contribution in [0.2, 0.25) is 0 Å². The predicted molar refractivity (Wildman–Crippen MR) is 157 cm³/mol. The van der Waals surface area contributed by atoms with E-state index < -0.39 is 6.17 Å². The van der Waals surface area contributed by atoms with Gasteiger partial charge in [-0.15, -0.1) is 0 Å². The number of aromatic nitrogens is 4. The van der Waals surface area contributed by atoms with Crippen molar-refractivity contribution in [1.82, 2.24) is 24.6 Å². The van der Waals surface area contributed by atoms with E-state index in [2.05, 4.69) is 43.9 Å². The normalized spacial score (nSPS) is 28.5. The standard InChI is InChI=1S/C27H33FN6O3.2H2S/c1-16-8-17-12-29-34(25-11-24(30-27(31-25)35-2)33-13-19-9-18(33)15-37-19)23(17)10-21(16)20-5-6-32(14-22(20)28)26-4-3-7-36-26;;/h8,10-12,18-20,22,26H,3-7,9,13-15H2,1-2H3;2*1H2. The summed E-state index contributed by atoms with van der Waals surface area (Å²) in [4.78, 5) is 13.7. The molecule has 6 heterocycles. The van der Waals surface area contributed by atoms with Gasteiger partial charge < -0.3 is 19.1 Å². The van der Waals surface area contributed by atoms with Crippen molar-refractivity contribution in [2.75, 3.05) is 44.9 Å². The van der Waals surface area contributed by atoms with E-state index >= 15 is 4.39 Å². The zero-order valence-electron chi connectivity index (χ0n) is 22.3. The molecule has 4 aliphatic rings. The molecule has 1 aromatic carbocycles. The molecule has 3 aromatic rings. The molecular formula is C27H37FN6O3S2. The van der Waals surface area contributed by atoms with Crippen LogP contribution in [0.4, 0.5) is 10.2 Å². The first kappa shape index (κ1) is 28.4. The van der Waals surface area contributed by atoms with Crippen LogP contribution < -0.4 is 9.64 Å². The van der Waals surface area contributed by atoms with Crippen molar-refractivity contribution in [2.24, 2.45) is 0 Å². The molecule has 0 spiro atoms. The molecule has 212 valence electrons. The number of piperidine rings is 1. The first-order valence-corrected chi connectivity index (χ1v) is 13.4. The molecule has 0 N–H and O–H groups in total. The number of rotatable bonds is 5. The summed E-state index contributed by atoms with van der Waals surface area (Å²) in [6.45, 7) is 5.65. The lowest BCUT2D eigenvalue weighted by molar-refractivity contribution is -0.0484. The van der Waals surface area contributed by atoms with Crippen LogP contribution in [0.3, 0.4) is 0 Å². The Balaban J connectivity index is 0.00000154. The van der Waals surface area contributed by atoms with Gasteiger partial charge in [0, 0.05) is 43.6 Å². The Bertz CT molecular complexity index is 1320. The van der Waals surface area contributed by atoms with Crippen molar-refractivity contribution in [1.29, 1.82) is 0 Å². The number of morpholine rings is 1. The third kappa shape index (κ3) is 5.10. The number of methoxy groups -OCH3 is 1. The third-order valence-electron chi connectivity index (χ3n) is 8.51. The van der Waals surface area contributed by atoms with Crippen LogP contribution in [0.1, 0.15) is 42.7 Å². The lowest BCUT2D eigenvalue weighted by Crippen LogP contribution is -2.46. The summed E-state index contributed by atoms with van der Waals surface area (Å²) in [5.41, 5.74) is 3.05. The van der Waals surface area contributed by atoms with E-state index in [0.29, 0.717) is 24.4 Å². The monoisotopic (exact) mass is 576 g/mol. The molecule has 4 aliphatic heterocycles. The SMILES string of the molecule is COc1nc(N2CC3CC2CO3)cc(-n2ncc3cc(C)c(C4CCN(C5CCCO5)CC4F)cc32)n1.S.S. The highest BCUT2D eigenvalue weighted by Crippen LogP contribution is 2.37. The second-order valence-corrected chi connectivity index (χ2v) is 10.8. The van der Waals surface area contributed by atoms with Crippen LogP contribution in [0.5, 0.6) is 6.01 Å². The summed E-state index contributed by atoms with van der Waals surface area (Å²) in [6.07, 6.45) is 5.08. The topological polar surface area (TPSA) is 77.8 Å². The molecule has 39 heavy (non-hydrogen) atoms. The maximum Gasteiger partial charge on any atom is 0.320 e. The van der Waals surface area contributed by atoms with Crippen LogP contribution in [0.15, 0.2) is 24.4 Å². The van der Waals surface area contributed by atoms with Crippen LogP contribution in [0, 0.1) is 6.92 Å². The first-order chi connectivity index (χ1) is 18.1. The van der Waals surface area contributed by atoms with Crippen LogP contribution >= 0.6 is 27.0 Å². The molecule has 7 rings (SSSR count). The molecule has 4 fully saturated rings. The van der Waals surface area contributed by atoms with Gasteiger partial charge in [-0.1, -0.05) is 0 Å². The summed E-state index contributed by atoms with van der Waals surface area (Å²) >= 11 is 0. The fourth-order valence-electron chi connectivity index (χ4n) is 6.60. The summed E-state index contributed by atoms with van der Waals surface area (Å²) in [5, 5.41) is 5.68. The van der Waals surface area contributed by atoms with Crippen LogP contribution in [-0.4, -0.2) is 89.2 Å². The number of anilines is 1. The summed E-state index contributed by atoms with van der Waals surface area (Å²) in [7, 11) is 1.58. The van der Waals surface area contributed by atoms with Crippen molar-refractivity contribution in [3.63, 3.8) is 0 Å². The minimum absolute atomic E-state index is 0. The number of alkyl halides is 1. The second kappa shape index (κ2) is 11.4. The fraction of sp³-hybridized carbons (Fsp3) is 0.593. The number of nitrogens with zero attached hydrogens (tertiary/aromatic N) is 6. The molecule has 5 atom stereocenters. The van der Waals surface area contributed by atoms with Gasteiger partial charge in [-0.05, 0) is 55.9 Å². The number of likely N-dealkylation sites (tertiary alicyclic amines) is 1. The second-order valence-electron chi connectivity index (χ2n) is 10.8. The van der Waals surface area contributed by atoms with E-state index in [4.69, 9.17) is 14.2 Å². The van der Waals surface area contributed by atoms with Crippen molar-refractivity contribution in [3.8, 4) is 11.8 Å². The van der Waals surface area contributed by atoms with Gasteiger partial charge in [-0.25, -0.2) is 9.07 Å². The van der Waals surface area contributed by atoms with E-state index in [-0.39, 0.29) is 45.2 Å². The van der Waals surface area contributed by atoms with Gasteiger partial charge in [-0.3, -0.25) is 4.90 Å². The molecule has 0 aliphatic carbocycles. The van der Waals surface area contributed by atoms with Gasteiger partial charge >= 0.3 is 6.01 Å². The Morgan fingerprint density at radius 3 is 2.59 bits per heavy atom. The van der Waals surface area contributed by atoms with Crippen molar-refractivity contribution in [2.45, 2.75) is 63.1 Å². The summed E-state index contributed by atoms with van der Waals surface area (Å²) in [5.74, 6) is 1.31. The highest BCUT2D eigenvalue weighted by atomic mass is 32.1. The predicted octanol–water partition coefficient (Wildman–Crippen LogP) is 3.60. The molecule has 0 saturated carbocycles. The number of ether oxygens (including phenoxy) is 3. The number of aryl methyl sites for hydroxylation is 1. The van der Waals surface area contributed by atoms with Crippen molar-refractivity contribution < 1.29 is 18.6 Å². The smallest absolute Gasteiger partial charge is 0.320 e. The Morgan fingerprint density at radius 2 is 1.90 bits per heavy atom. The highest BCUT2D eigenvalue weighted by molar-refractivity contribution is 7.59. The van der Waals surface area contributed by atoms with E-state index in [0.717, 1.165) is 79.8 Å². The first-order valence-electron chi connectivity index (χ1n) is 13.4. The maximum absolute atomic E-state index is 15.6. The lowest BCUT2D eigenvalue weighted by Gasteiger charge is -2.38. The molecule has 2 aromatic heterocycles. The van der Waals surface area contributed by atoms with Gasteiger partial charge in [0.1, 0.15) is 18.2 Å². The lowest BCUT2D eigenvalue weighted by atomic mass is 9.85. The molecular weight excluding hydrogens is 539 g/mol. The molecule has 12 heteroatoms. The average Bonchev–Trinajstić information content (AvgIpc) is 3.73. The molecule has 4 saturated heterocycles. The van der Waals surface area contributed by atoms with Gasteiger partial charge in [0.25, 0.3) is 0 Å². The van der Waals surface area contributed by atoms with Gasteiger partial charge in [-0.2, -0.15) is 42.1 Å². The summed E-state index contributed by atoms with van der Waals surface area (Å²) < 4.78 is 34.5. The van der Waals surface area contributed by atoms with Gasteiger partial charge in [0.15, 0.2) is 5.82 Å². The quantitative estimate of drug-likeness (QED) is 0.456. The minimum atomic E-state index is -0.941. The molecule has 0 radical (unpaired) electrons. The number of hydrogen-bond donors (Lipinski definition) is 0. The molecule has 0 amide bonds. The van der Waals surface area contributed by atoms with Crippen molar-refractivity contribution in [3.05, 3.63) is 35.5 Å². The van der Waals surface area contributed by atoms with E-state index in [1.54, 1.807) is 7.11 Å². The average molecular weight is 577 g/mol. The van der Waals surface area contributed by atoms with E-state index in [1.165, 1.54) is 0 Å². The zero-order valence-corrected chi connectivity index (χ0v) is 24.3. The number of benzene rings is 1. The van der Waals surface area contributed by atoms with Gasteiger partial charge in [0.2, 0.25) is 0 Å². The summed E-state index contributed by atoms with van der Waals surface area (Å²) in [6, 6.07) is 6.81. The Kier molecular flexibility index (Phi) is 8.30. The molecule has 5 unspecified atom stereocenters. The minimum Gasteiger partial charge on any atom is -0.467 e. The maximum atomic E-state index is 15.6.